The predicted molar refractivity (Wildman–Crippen MR) is 98.7 cm³/mol. The smallest absolute Gasteiger partial charge is 0.345 e. The number of hydrogen-bond donors (Lipinski definition) is 3. The summed E-state index contributed by atoms with van der Waals surface area (Å²) < 4.78 is 32.3. The molecule has 0 bridgehead atoms. The van der Waals surface area contributed by atoms with Crippen LogP contribution < -0.4 is 9.46 Å². The van der Waals surface area contributed by atoms with Crippen molar-refractivity contribution < 1.29 is 23.4 Å². The maximum Gasteiger partial charge on any atom is 0.345 e. The Morgan fingerprint density at radius 1 is 1.40 bits per heavy atom. The van der Waals surface area contributed by atoms with Gasteiger partial charge >= 0.3 is 5.97 Å². The fourth-order valence-electron chi connectivity index (χ4n) is 1.83. The van der Waals surface area contributed by atoms with Crippen LogP contribution in [-0.2, 0) is 4.74 Å². The zero-order valence-corrected chi connectivity index (χ0v) is 15.6. The SMILES string of the molecule is CCOC(=O)c1cnc(SC)nc1Oc1cccc(NS(C)(O)O)c1. The maximum atomic E-state index is 12.0. The van der Waals surface area contributed by atoms with Gasteiger partial charge in [-0.2, -0.15) is 4.98 Å². The number of benzene rings is 1. The third kappa shape index (κ3) is 5.78. The van der Waals surface area contributed by atoms with Gasteiger partial charge < -0.3 is 9.47 Å². The van der Waals surface area contributed by atoms with Crippen LogP contribution in [0.2, 0.25) is 0 Å². The molecule has 0 aliphatic heterocycles. The van der Waals surface area contributed by atoms with Crippen molar-refractivity contribution in [2.75, 3.05) is 23.8 Å². The van der Waals surface area contributed by atoms with Crippen molar-refractivity contribution >= 4 is 34.2 Å². The molecule has 0 spiro atoms. The van der Waals surface area contributed by atoms with Gasteiger partial charge in [0.2, 0.25) is 5.88 Å². The van der Waals surface area contributed by atoms with Crippen LogP contribution in [0.1, 0.15) is 17.3 Å². The van der Waals surface area contributed by atoms with Crippen molar-refractivity contribution in [1.29, 1.82) is 0 Å². The van der Waals surface area contributed by atoms with Gasteiger partial charge in [-0.1, -0.05) is 17.8 Å². The molecule has 0 saturated carbocycles. The lowest BCUT2D eigenvalue weighted by molar-refractivity contribution is 0.0521. The Hall–Kier alpha value is -2.01. The Bertz CT molecular complexity index is 752. The molecule has 0 aliphatic rings. The summed E-state index contributed by atoms with van der Waals surface area (Å²) in [5.74, 6) is -0.148. The molecule has 1 heterocycles. The molecule has 10 heteroatoms. The van der Waals surface area contributed by atoms with Crippen molar-refractivity contribution in [3.63, 3.8) is 0 Å². The van der Waals surface area contributed by atoms with Crippen molar-refractivity contribution in [2.45, 2.75) is 12.1 Å². The van der Waals surface area contributed by atoms with Crippen LogP contribution in [0.15, 0.2) is 35.6 Å². The molecule has 3 N–H and O–H groups in total. The second kappa shape index (κ2) is 8.39. The van der Waals surface area contributed by atoms with E-state index in [4.69, 9.17) is 9.47 Å². The highest BCUT2D eigenvalue weighted by molar-refractivity contribution is 8.24. The van der Waals surface area contributed by atoms with Gasteiger partial charge in [-0.3, -0.25) is 13.8 Å². The van der Waals surface area contributed by atoms with Crippen molar-refractivity contribution in [3.8, 4) is 11.6 Å². The monoisotopic (exact) mass is 385 g/mol. The van der Waals surface area contributed by atoms with Gasteiger partial charge in [0.15, 0.2) is 5.16 Å². The predicted octanol–water partition coefficient (Wildman–Crippen LogP) is 3.87. The molecule has 2 rings (SSSR count). The summed E-state index contributed by atoms with van der Waals surface area (Å²) in [6.45, 7) is 1.92. The normalized spacial score (nSPS) is 11.7. The van der Waals surface area contributed by atoms with Crippen molar-refractivity contribution in [2.24, 2.45) is 0 Å². The van der Waals surface area contributed by atoms with Crippen LogP contribution in [0, 0.1) is 0 Å². The standard InChI is InChI=1S/C15H19N3O5S2/c1-4-22-14(19)12-9-16-15(24-2)17-13(12)23-11-7-5-6-10(8-11)18-25(3,20)21/h5-9,18,20-21H,4H2,1-3H3. The number of nitrogens with one attached hydrogen (secondary N) is 1. The van der Waals surface area contributed by atoms with E-state index >= 15 is 0 Å². The molecule has 8 nitrogen and oxygen atoms in total. The molecule has 1 aromatic carbocycles. The Morgan fingerprint density at radius 3 is 2.80 bits per heavy atom. The number of hydrogen-bond acceptors (Lipinski definition) is 9. The summed E-state index contributed by atoms with van der Waals surface area (Å²) in [7, 11) is -2.92. The molecule has 0 atom stereocenters. The van der Waals surface area contributed by atoms with Gasteiger partial charge in [-0.15, -0.1) is 10.8 Å². The summed E-state index contributed by atoms with van der Waals surface area (Å²) in [5, 5.41) is 0.445. The van der Waals surface area contributed by atoms with Crippen LogP contribution in [0.5, 0.6) is 11.6 Å². The summed E-state index contributed by atoms with van der Waals surface area (Å²) in [5.41, 5.74) is 0.564. The molecule has 2 aromatic rings. The van der Waals surface area contributed by atoms with Gasteiger partial charge in [0, 0.05) is 18.5 Å². The van der Waals surface area contributed by atoms with E-state index < -0.39 is 16.7 Å². The fourth-order valence-corrected chi connectivity index (χ4v) is 2.74. The fraction of sp³-hybridized carbons (Fsp3) is 0.267. The first-order valence-electron chi connectivity index (χ1n) is 7.19. The van der Waals surface area contributed by atoms with E-state index in [1.54, 1.807) is 37.4 Å². The average molecular weight is 385 g/mol. The summed E-state index contributed by atoms with van der Waals surface area (Å²) in [4.78, 5) is 20.3. The summed E-state index contributed by atoms with van der Waals surface area (Å²) in [6.07, 6.45) is 4.44. The van der Waals surface area contributed by atoms with E-state index in [1.165, 1.54) is 24.2 Å². The minimum Gasteiger partial charge on any atom is -0.462 e. The van der Waals surface area contributed by atoms with Crippen LogP contribution in [0.4, 0.5) is 5.69 Å². The molecule has 1 aromatic heterocycles. The number of aromatic nitrogens is 2. The first-order chi connectivity index (χ1) is 11.8. The van der Waals surface area contributed by atoms with E-state index in [9.17, 15) is 13.9 Å². The molecule has 0 unspecified atom stereocenters. The van der Waals surface area contributed by atoms with Gasteiger partial charge in [0.05, 0.1) is 12.3 Å². The Balaban J connectivity index is 2.32. The highest BCUT2D eigenvalue weighted by Crippen LogP contribution is 2.36. The lowest BCUT2D eigenvalue weighted by Gasteiger charge is -2.28. The maximum absolute atomic E-state index is 12.0. The molecule has 136 valence electrons. The lowest BCUT2D eigenvalue weighted by atomic mass is 10.3. The number of rotatable bonds is 7. The number of thioether (sulfide) groups is 1. The van der Waals surface area contributed by atoms with Crippen LogP contribution in [0.25, 0.3) is 0 Å². The molecule has 25 heavy (non-hydrogen) atoms. The second-order valence-corrected chi connectivity index (χ2v) is 7.51. The first-order valence-corrected chi connectivity index (χ1v) is 10.4. The number of carbonyl (C=O) groups is 1. The molecule has 0 saturated heterocycles. The van der Waals surface area contributed by atoms with Gasteiger partial charge in [0.1, 0.15) is 11.3 Å². The molecule has 0 fully saturated rings. The van der Waals surface area contributed by atoms with Crippen molar-refractivity contribution in [1.82, 2.24) is 9.97 Å². The number of esters is 1. The molecular formula is C15H19N3O5S2. The zero-order chi connectivity index (χ0) is 18.4. The van der Waals surface area contributed by atoms with E-state index in [1.807, 2.05) is 0 Å². The van der Waals surface area contributed by atoms with Crippen LogP contribution in [0.3, 0.4) is 0 Å². The zero-order valence-electron chi connectivity index (χ0n) is 13.9. The Morgan fingerprint density at radius 2 is 2.16 bits per heavy atom. The molecule has 0 aliphatic carbocycles. The molecule has 0 radical (unpaired) electrons. The van der Waals surface area contributed by atoms with Gasteiger partial charge in [-0.05, 0) is 25.3 Å². The Labute approximate surface area is 151 Å². The van der Waals surface area contributed by atoms with E-state index in [0.29, 0.717) is 16.6 Å². The topological polar surface area (TPSA) is 114 Å². The average Bonchev–Trinajstić information content (AvgIpc) is 2.53. The number of ether oxygens (including phenoxy) is 2. The van der Waals surface area contributed by atoms with Gasteiger partial charge in [0.25, 0.3) is 0 Å². The second-order valence-electron chi connectivity index (χ2n) is 4.86. The quantitative estimate of drug-likeness (QED) is 0.371. The number of nitrogens with zero attached hydrogens (tertiary/aromatic N) is 2. The number of anilines is 1. The third-order valence-electron chi connectivity index (χ3n) is 2.77. The third-order valence-corrected chi connectivity index (χ3v) is 3.95. The van der Waals surface area contributed by atoms with E-state index in [2.05, 4.69) is 14.7 Å². The highest BCUT2D eigenvalue weighted by Gasteiger charge is 2.18. The van der Waals surface area contributed by atoms with E-state index in [-0.39, 0.29) is 18.1 Å². The molecular weight excluding hydrogens is 366 g/mol. The molecule has 0 amide bonds. The van der Waals surface area contributed by atoms with Crippen molar-refractivity contribution in [3.05, 3.63) is 36.0 Å². The lowest BCUT2D eigenvalue weighted by Crippen LogP contribution is -2.09. The Kier molecular flexibility index (Phi) is 6.48. The van der Waals surface area contributed by atoms with Crippen LogP contribution in [-0.4, -0.2) is 44.2 Å². The number of carbonyl (C=O) groups excluding carboxylic acids is 1. The van der Waals surface area contributed by atoms with Crippen LogP contribution >= 0.6 is 22.5 Å². The highest BCUT2D eigenvalue weighted by atomic mass is 32.3. The largest absolute Gasteiger partial charge is 0.462 e. The summed E-state index contributed by atoms with van der Waals surface area (Å²) >= 11 is 1.31. The van der Waals surface area contributed by atoms with E-state index in [0.717, 1.165) is 0 Å². The first kappa shape index (κ1) is 19.3. The minimum absolute atomic E-state index is 0.0676. The van der Waals surface area contributed by atoms with Gasteiger partial charge in [-0.25, -0.2) is 9.78 Å². The summed E-state index contributed by atoms with van der Waals surface area (Å²) in [6, 6.07) is 6.55. The minimum atomic E-state index is -2.92.